The quantitative estimate of drug-likeness (QED) is 0.766. The molecular formula is C18H19N5O2. The molecule has 128 valence electrons. The highest BCUT2D eigenvalue weighted by atomic mass is 16.5. The molecule has 7 heteroatoms. The van der Waals surface area contributed by atoms with Crippen LogP contribution in [0.4, 0.5) is 5.82 Å². The summed E-state index contributed by atoms with van der Waals surface area (Å²) in [5.41, 5.74) is 1.94. The third-order valence-electron chi connectivity index (χ3n) is 4.15. The smallest absolute Gasteiger partial charge is 0.213 e. The molecule has 1 saturated heterocycles. The lowest BCUT2D eigenvalue weighted by Crippen LogP contribution is -2.26. The molecule has 1 aliphatic heterocycles. The van der Waals surface area contributed by atoms with Crippen LogP contribution in [-0.2, 0) is 11.3 Å². The van der Waals surface area contributed by atoms with Crippen LogP contribution >= 0.6 is 0 Å². The largest absolute Gasteiger partial charge is 0.474 e. The van der Waals surface area contributed by atoms with E-state index in [0.717, 1.165) is 48.3 Å². The molecule has 0 amide bonds. The van der Waals surface area contributed by atoms with Crippen molar-refractivity contribution in [3.63, 3.8) is 0 Å². The zero-order valence-corrected chi connectivity index (χ0v) is 13.8. The minimum Gasteiger partial charge on any atom is -0.474 e. The molecule has 0 unspecified atom stereocenters. The predicted octanol–water partition coefficient (Wildman–Crippen LogP) is 2.59. The second-order valence-corrected chi connectivity index (χ2v) is 5.90. The van der Waals surface area contributed by atoms with Crippen molar-refractivity contribution >= 4 is 16.7 Å². The molecule has 4 heterocycles. The molecule has 0 saturated carbocycles. The van der Waals surface area contributed by atoms with E-state index in [-0.39, 0.29) is 6.10 Å². The van der Waals surface area contributed by atoms with Crippen LogP contribution < -0.4 is 10.1 Å². The van der Waals surface area contributed by atoms with Crippen molar-refractivity contribution in [2.45, 2.75) is 25.5 Å². The summed E-state index contributed by atoms with van der Waals surface area (Å²) in [7, 11) is 0. The Balaban J connectivity index is 1.44. The van der Waals surface area contributed by atoms with Crippen LogP contribution in [0.2, 0.25) is 0 Å². The summed E-state index contributed by atoms with van der Waals surface area (Å²) in [5.74, 6) is 1.42. The molecule has 1 N–H and O–H groups in total. The maximum atomic E-state index is 5.96. The summed E-state index contributed by atoms with van der Waals surface area (Å²) < 4.78 is 11.3. The van der Waals surface area contributed by atoms with Gasteiger partial charge < -0.3 is 14.8 Å². The number of ether oxygens (including phenoxy) is 2. The lowest BCUT2D eigenvalue weighted by molar-refractivity contribution is 0.0237. The number of hydrogen-bond acceptors (Lipinski definition) is 7. The molecule has 3 aromatic rings. The van der Waals surface area contributed by atoms with Gasteiger partial charge in [0.1, 0.15) is 18.2 Å². The summed E-state index contributed by atoms with van der Waals surface area (Å²) in [5, 5.41) is 4.24. The minimum absolute atomic E-state index is 0.182. The van der Waals surface area contributed by atoms with E-state index in [1.165, 1.54) is 0 Å². The van der Waals surface area contributed by atoms with E-state index in [2.05, 4.69) is 25.3 Å². The zero-order chi connectivity index (χ0) is 16.9. The van der Waals surface area contributed by atoms with E-state index in [1.807, 2.05) is 18.2 Å². The molecule has 4 rings (SSSR count). The lowest BCUT2D eigenvalue weighted by Gasteiger charge is -2.22. The van der Waals surface area contributed by atoms with Crippen molar-refractivity contribution < 1.29 is 9.47 Å². The first-order valence-electron chi connectivity index (χ1n) is 8.36. The number of pyridine rings is 2. The molecule has 25 heavy (non-hydrogen) atoms. The van der Waals surface area contributed by atoms with Crippen LogP contribution in [0, 0.1) is 0 Å². The number of nitrogens with zero attached hydrogens (tertiary/aromatic N) is 4. The zero-order valence-electron chi connectivity index (χ0n) is 13.8. The van der Waals surface area contributed by atoms with Crippen LogP contribution in [0.5, 0.6) is 5.88 Å². The highest BCUT2D eigenvalue weighted by Gasteiger charge is 2.15. The summed E-state index contributed by atoms with van der Waals surface area (Å²) in [4.78, 5) is 17.0. The fourth-order valence-electron chi connectivity index (χ4n) is 2.82. The van der Waals surface area contributed by atoms with E-state index in [0.29, 0.717) is 12.4 Å². The van der Waals surface area contributed by atoms with Gasteiger partial charge in [0.25, 0.3) is 0 Å². The van der Waals surface area contributed by atoms with Crippen molar-refractivity contribution in [3.8, 4) is 5.88 Å². The summed E-state index contributed by atoms with van der Waals surface area (Å²) in [6, 6.07) is 5.80. The van der Waals surface area contributed by atoms with E-state index < -0.39 is 0 Å². The number of anilines is 1. The van der Waals surface area contributed by atoms with Gasteiger partial charge in [-0.3, -0.25) is 4.98 Å². The SMILES string of the molecule is c1cc2ncnc(NCc3ccnc(OC4CCOCC4)c3)c2cn1. The molecule has 0 aromatic carbocycles. The average Bonchev–Trinajstić information content (AvgIpc) is 2.67. The first-order valence-corrected chi connectivity index (χ1v) is 8.36. The average molecular weight is 337 g/mol. The summed E-state index contributed by atoms with van der Waals surface area (Å²) in [6.07, 6.45) is 8.81. The van der Waals surface area contributed by atoms with Gasteiger partial charge in [-0.05, 0) is 17.7 Å². The highest BCUT2D eigenvalue weighted by molar-refractivity contribution is 5.87. The van der Waals surface area contributed by atoms with Gasteiger partial charge >= 0.3 is 0 Å². The lowest BCUT2D eigenvalue weighted by atomic mass is 10.1. The van der Waals surface area contributed by atoms with Gasteiger partial charge in [0.15, 0.2) is 0 Å². The Morgan fingerprint density at radius 3 is 2.96 bits per heavy atom. The molecule has 1 aliphatic rings. The number of hydrogen-bond donors (Lipinski definition) is 1. The van der Waals surface area contributed by atoms with Crippen LogP contribution in [0.1, 0.15) is 18.4 Å². The van der Waals surface area contributed by atoms with Gasteiger partial charge in [-0.2, -0.15) is 0 Å². The molecular weight excluding hydrogens is 318 g/mol. The van der Waals surface area contributed by atoms with Crippen LogP contribution in [-0.4, -0.2) is 39.3 Å². The maximum Gasteiger partial charge on any atom is 0.213 e. The Morgan fingerprint density at radius 2 is 2.04 bits per heavy atom. The monoisotopic (exact) mass is 337 g/mol. The Bertz CT molecular complexity index is 846. The van der Waals surface area contributed by atoms with Crippen LogP contribution in [0.25, 0.3) is 10.9 Å². The number of rotatable bonds is 5. The summed E-state index contributed by atoms with van der Waals surface area (Å²) in [6.45, 7) is 2.12. The number of fused-ring (bicyclic) bond motifs is 1. The van der Waals surface area contributed by atoms with Crippen LogP contribution in [0.3, 0.4) is 0 Å². The second kappa shape index (κ2) is 7.40. The van der Waals surface area contributed by atoms with Crippen molar-refractivity contribution in [2.75, 3.05) is 18.5 Å². The molecule has 0 radical (unpaired) electrons. The van der Waals surface area contributed by atoms with Crippen LogP contribution in [0.15, 0.2) is 43.1 Å². The van der Waals surface area contributed by atoms with Gasteiger partial charge in [-0.1, -0.05) is 0 Å². The van der Waals surface area contributed by atoms with E-state index in [9.17, 15) is 0 Å². The minimum atomic E-state index is 0.182. The van der Waals surface area contributed by atoms with E-state index in [4.69, 9.17) is 9.47 Å². The first kappa shape index (κ1) is 15.7. The maximum absolute atomic E-state index is 5.96. The molecule has 0 spiro atoms. The van der Waals surface area contributed by atoms with Gasteiger partial charge in [0.05, 0.1) is 24.1 Å². The number of nitrogens with one attached hydrogen (secondary N) is 1. The fraction of sp³-hybridized carbons (Fsp3) is 0.333. The van der Waals surface area contributed by atoms with Gasteiger partial charge in [0, 0.05) is 44.0 Å². The second-order valence-electron chi connectivity index (χ2n) is 5.90. The molecule has 0 bridgehead atoms. The third kappa shape index (κ3) is 3.83. The Morgan fingerprint density at radius 1 is 1.12 bits per heavy atom. The Labute approximate surface area is 145 Å². The fourth-order valence-corrected chi connectivity index (χ4v) is 2.82. The molecule has 0 aliphatic carbocycles. The van der Waals surface area contributed by atoms with Crippen molar-refractivity contribution in [3.05, 3.63) is 48.7 Å². The molecule has 3 aromatic heterocycles. The molecule has 1 fully saturated rings. The third-order valence-corrected chi connectivity index (χ3v) is 4.15. The normalized spacial score (nSPS) is 15.2. The van der Waals surface area contributed by atoms with Crippen molar-refractivity contribution in [1.82, 2.24) is 19.9 Å². The van der Waals surface area contributed by atoms with Crippen molar-refractivity contribution in [1.29, 1.82) is 0 Å². The standard InChI is InChI=1S/C18H19N5O2/c1-6-20-17(25-14-3-7-24-8-4-14)9-13(1)10-21-18-15-11-19-5-2-16(15)22-12-23-18/h1-2,5-6,9,11-12,14H,3-4,7-8,10H2,(H,21,22,23). The first-order chi connectivity index (χ1) is 12.4. The van der Waals surface area contributed by atoms with Crippen molar-refractivity contribution in [2.24, 2.45) is 0 Å². The van der Waals surface area contributed by atoms with Gasteiger partial charge in [-0.25, -0.2) is 15.0 Å². The van der Waals surface area contributed by atoms with Gasteiger partial charge in [0.2, 0.25) is 5.88 Å². The topological polar surface area (TPSA) is 82.1 Å². The Kier molecular flexibility index (Phi) is 4.65. The number of aromatic nitrogens is 4. The van der Waals surface area contributed by atoms with E-state index >= 15 is 0 Å². The molecule has 0 atom stereocenters. The molecule has 7 nitrogen and oxygen atoms in total. The van der Waals surface area contributed by atoms with Gasteiger partial charge in [-0.15, -0.1) is 0 Å². The Hall–Kier alpha value is -2.80. The van der Waals surface area contributed by atoms with E-state index in [1.54, 1.807) is 24.9 Å². The highest BCUT2D eigenvalue weighted by Crippen LogP contribution is 2.20. The summed E-state index contributed by atoms with van der Waals surface area (Å²) >= 11 is 0. The predicted molar refractivity (Wildman–Crippen MR) is 93.4 cm³/mol.